The second-order valence-corrected chi connectivity index (χ2v) is 5.60. The Hall–Kier alpha value is -3.28. The van der Waals surface area contributed by atoms with Crippen molar-refractivity contribution < 1.29 is 14.3 Å². The second kappa shape index (κ2) is 9.27. The molecule has 0 saturated carbocycles. The number of carbonyl (C=O) groups is 1. The molecular formula is C20H23N3O3. The first kappa shape index (κ1) is 19.1. The third kappa shape index (κ3) is 5.11. The van der Waals surface area contributed by atoms with Gasteiger partial charge < -0.3 is 19.7 Å². The van der Waals surface area contributed by atoms with E-state index in [4.69, 9.17) is 9.47 Å². The van der Waals surface area contributed by atoms with Gasteiger partial charge in [-0.2, -0.15) is 0 Å². The number of rotatable bonds is 8. The van der Waals surface area contributed by atoms with Crippen molar-refractivity contribution in [2.45, 2.75) is 0 Å². The van der Waals surface area contributed by atoms with E-state index in [0.29, 0.717) is 29.6 Å². The average molecular weight is 353 g/mol. The van der Waals surface area contributed by atoms with E-state index in [9.17, 15) is 4.79 Å². The number of ether oxygens (including phenoxy) is 2. The predicted octanol–water partition coefficient (Wildman–Crippen LogP) is 3.37. The molecule has 6 nitrogen and oxygen atoms in total. The Balaban J connectivity index is 2.09. The van der Waals surface area contributed by atoms with Crippen molar-refractivity contribution in [3.05, 3.63) is 60.8 Å². The summed E-state index contributed by atoms with van der Waals surface area (Å²) in [5.74, 6) is 1.67. The van der Waals surface area contributed by atoms with Gasteiger partial charge >= 0.3 is 0 Å². The van der Waals surface area contributed by atoms with E-state index in [0.717, 1.165) is 5.56 Å². The summed E-state index contributed by atoms with van der Waals surface area (Å²) in [4.78, 5) is 18.3. The summed E-state index contributed by atoms with van der Waals surface area (Å²) in [5, 5.41) is 2.83. The van der Waals surface area contributed by atoms with Crippen molar-refractivity contribution in [3.8, 4) is 11.5 Å². The molecule has 0 fully saturated rings. The van der Waals surface area contributed by atoms with Crippen molar-refractivity contribution in [3.63, 3.8) is 0 Å². The molecule has 1 aromatic carbocycles. The first-order valence-corrected chi connectivity index (χ1v) is 8.08. The number of pyridine rings is 1. The van der Waals surface area contributed by atoms with Crippen LogP contribution in [0.1, 0.15) is 5.56 Å². The van der Waals surface area contributed by atoms with Crippen LogP contribution in [0.4, 0.5) is 11.5 Å². The number of carbonyl (C=O) groups excluding carboxylic acids is 1. The van der Waals surface area contributed by atoms with E-state index >= 15 is 0 Å². The first-order chi connectivity index (χ1) is 12.5. The van der Waals surface area contributed by atoms with Crippen LogP contribution in [0.3, 0.4) is 0 Å². The van der Waals surface area contributed by atoms with Crippen LogP contribution in [-0.2, 0) is 4.79 Å². The number of benzene rings is 1. The Kier molecular flexibility index (Phi) is 6.79. The van der Waals surface area contributed by atoms with Crippen molar-refractivity contribution in [1.29, 1.82) is 0 Å². The number of anilines is 2. The maximum atomic E-state index is 12.2. The fraction of sp³-hybridized carbons (Fsp3) is 0.200. The topological polar surface area (TPSA) is 63.7 Å². The van der Waals surface area contributed by atoms with Crippen LogP contribution in [0.2, 0.25) is 0 Å². The first-order valence-electron chi connectivity index (χ1n) is 8.08. The summed E-state index contributed by atoms with van der Waals surface area (Å²) >= 11 is 0. The zero-order valence-corrected chi connectivity index (χ0v) is 15.2. The fourth-order valence-corrected chi connectivity index (χ4v) is 2.25. The van der Waals surface area contributed by atoms with Crippen LogP contribution in [0.15, 0.2) is 55.3 Å². The standard InChI is InChI=1S/C20H23N3O3/c1-5-13-26-17-10-8-15(14-18(17)25-4)9-11-19(24)22-16-7-6-12-21-20(16)23(2)3/h5-12,14H,1,13H2,2-4H3,(H,22,24)/b11-9+. The minimum absolute atomic E-state index is 0.243. The molecule has 0 aliphatic carbocycles. The van der Waals surface area contributed by atoms with Crippen molar-refractivity contribution in [1.82, 2.24) is 4.98 Å². The van der Waals surface area contributed by atoms with Crippen LogP contribution >= 0.6 is 0 Å². The van der Waals surface area contributed by atoms with E-state index in [2.05, 4.69) is 16.9 Å². The molecule has 0 saturated heterocycles. The molecule has 2 rings (SSSR count). The highest BCUT2D eigenvalue weighted by atomic mass is 16.5. The molecule has 0 radical (unpaired) electrons. The average Bonchev–Trinajstić information content (AvgIpc) is 2.65. The molecule has 6 heteroatoms. The third-order valence-corrected chi connectivity index (χ3v) is 3.44. The lowest BCUT2D eigenvalue weighted by Crippen LogP contribution is -2.16. The molecule has 2 aromatic rings. The smallest absolute Gasteiger partial charge is 0.248 e. The second-order valence-electron chi connectivity index (χ2n) is 5.60. The Morgan fingerprint density at radius 1 is 1.31 bits per heavy atom. The van der Waals surface area contributed by atoms with Crippen molar-refractivity contribution >= 4 is 23.5 Å². The van der Waals surface area contributed by atoms with E-state index in [1.807, 2.05) is 31.1 Å². The molecule has 1 heterocycles. The molecule has 0 atom stereocenters. The van der Waals surface area contributed by atoms with Gasteiger partial charge in [0, 0.05) is 26.4 Å². The summed E-state index contributed by atoms with van der Waals surface area (Å²) in [6.45, 7) is 4.02. The molecule has 1 amide bonds. The monoisotopic (exact) mass is 353 g/mol. The zero-order chi connectivity index (χ0) is 18.9. The number of hydrogen-bond donors (Lipinski definition) is 1. The number of hydrogen-bond acceptors (Lipinski definition) is 5. The lowest BCUT2D eigenvalue weighted by Gasteiger charge is -2.15. The minimum Gasteiger partial charge on any atom is -0.493 e. The molecule has 1 aromatic heterocycles. The number of amides is 1. The maximum Gasteiger partial charge on any atom is 0.248 e. The zero-order valence-electron chi connectivity index (χ0n) is 15.2. The Morgan fingerprint density at radius 3 is 2.81 bits per heavy atom. The maximum absolute atomic E-state index is 12.2. The molecule has 1 N–H and O–H groups in total. The predicted molar refractivity (Wildman–Crippen MR) is 105 cm³/mol. The lowest BCUT2D eigenvalue weighted by molar-refractivity contribution is -0.111. The number of nitrogens with zero attached hydrogens (tertiary/aromatic N) is 2. The van der Waals surface area contributed by atoms with Gasteiger partial charge in [0.15, 0.2) is 17.3 Å². The molecule has 0 spiro atoms. The van der Waals surface area contributed by atoms with Gasteiger partial charge in [0.05, 0.1) is 12.8 Å². The SMILES string of the molecule is C=CCOc1ccc(/C=C/C(=O)Nc2cccnc2N(C)C)cc1OC. The summed E-state index contributed by atoms with van der Waals surface area (Å²) in [6, 6.07) is 9.03. The lowest BCUT2D eigenvalue weighted by atomic mass is 10.2. The molecule has 136 valence electrons. The van der Waals surface area contributed by atoms with E-state index in [-0.39, 0.29) is 5.91 Å². The van der Waals surface area contributed by atoms with E-state index in [1.54, 1.807) is 43.7 Å². The fourth-order valence-electron chi connectivity index (χ4n) is 2.25. The molecule has 0 bridgehead atoms. The van der Waals surface area contributed by atoms with Gasteiger partial charge in [-0.05, 0) is 35.9 Å². The van der Waals surface area contributed by atoms with Gasteiger partial charge in [-0.25, -0.2) is 4.98 Å². The summed E-state index contributed by atoms with van der Waals surface area (Å²) in [5.41, 5.74) is 1.47. The number of nitrogens with one attached hydrogen (secondary N) is 1. The minimum atomic E-state index is -0.243. The Bertz CT molecular complexity index is 801. The van der Waals surface area contributed by atoms with Gasteiger partial charge in [-0.15, -0.1) is 0 Å². The molecule has 0 aliphatic rings. The van der Waals surface area contributed by atoms with Crippen LogP contribution < -0.4 is 19.7 Å². The molecule has 0 aliphatic heterocycles. The van der Waals surface area contributed by atoms with Gasteiger partial charge in [-0.3, -0.25) is 4.79 Å². The molecule has 0 unspecified atom stereocenters. The normalized spacial score (nSPS) is 10.4. The summed E-state index contributed by atoms with van der Waals surface area (Å²) in [6.07, 6.45) is 6.52. The molecule has 26 heavy (non-hydrogen) atoms. The van der Waals surface area contributed by atoms with Gasteiger partial charge in [-0.1, -0.05) is 18.7 Å². The summed E-state index contributed by atoms with van der Waals surface area (Å²) < 4.78 is 10.8. The van der Waals surface area contributed by atoms with Gasteiger partial charge in [0.25, 0.3) is 0 Å². The Labute approximate surface area is 153 Å². The summed E-state index contributed by atoms with van der Waals surface area (Å²) in [7, 11) is 5.31. The third-order valence-electron chi connectivity index (χ3n) is 3.44. The highest BCUT2D eigenvalue weighted by molar-refractivity contribution is 6.03. The molecular weight excluding hydrogens is 330 g/mol. The van der Waals surface area contributed by atoms with Crippen LogP contribution in [0.5, 0.6) is 11.5 Å². The van der Waals surface area contributed by atoms with Gasteiger partial charge in [0.2, 0.25) is 5.91 Å². The highest BCUT2D eigenvalue weighted by Gasteiger charge is 2.08. The van der Waals surface area contributed by atoms with Gasteiger partial charge in [0.1, 0.15) is 6.61 Å². The highest BCUT2D eigenvalue weighted by Crippen LogP contribution is 2.28. The van der Waals surface area contributed by atoms with Crippen molar-refractivity contribution in [2.75, 3.05) is 38.0 Å². The number of methoxy groups -OCH3 is 1. The van der Waals surface area contributed by atoms with Crippen LogP contribution in [0.25, 0.3) is 6.08 Å². The van der Waals surface area contributed by atoms with Crippen LogP contribution in [-0.4, -0.2) is 38.7 Å². The quantitative estimate of drug-likeness (QED) is 0.582. The van der Waals surface area contributed by atoms with E-state index in [1.165, 1.54) is 6.08 Å². The number of aromatic nitrogens is 1. The Morgan fingerprint density at radius 2 is 2.12 bits per heavy atom. The van der Waals surface area contributed by atoms with E-state index < -0.39 is 0 Å². The van der Waals surface area contributed by atoms with Crippen molar-refractivity contribution in [2.24, 2.45) is 0 Å². The largest absolute Gasteiger partial charge is 0.493 e. The van der Waals surface area contributed by atoms with Crippen LogP contribution in [0, 0.1) is 0 Å².